The molecule has 0 bridgehead atoms. The summed E-state index contributed by atoms with van der Waals surface area (Å²) in [5.41, 5.74) is 2.65. The minimum absolute atomic E-state index is 0.152. The molecular weight excluding hydrogens is 340 g/mol. The minimum Gasteiger partial charge on any atom is -0.493 e. The van der Waals surface area contributed by atoms with Crippen LogP contribution < -0.4 is 10.1 Å². The van der Waals surface area contributed by atoms with E-state index in [0.717, 1.165) is 17.7 Å². The van der Waals surface area contributed by atoms with Crippen molar-refractivity contribution in [3.05, 3.63) is 58.4 Å². The van der Waals surface area contributed by atoms with Gasteiger partial charge in [0, 0.05) is 18.8 Å². The molecule has 1 aromatic carbocycles. The summed E-state index contributed by atoms with van der Waals surface area (Å²) in [4.78, 5) is 16.6. The molecule has 1 aliphatic carbocycles. The molecule has 0 radical (unpaired) electrons. The molecule has 2 aliphatic rings. The predicted octanol–water partition coefficient (Wildman–Crippen LogP) is 2.91. The number of aromatic nitrogens is 1. The predicted molar refractivity (Wildman–Crippen MR) is 93.8 cm³/mol. The zero-order chi connectivity index (χ0) is 17.4. The lowest BCUT2D eigenvalue weighted by Crippen LogP contribution is -2.41. The smallest absolute Gasteiger partial charge is 0.253 e. The Morgan fingerprint density at radius 2 is 2.16 bits per heavy atom. The van der Waals surface area contributed by atoms with E-state index >= 15 is 0 Å². The van der Waals surface area contributed by atoms with Crippen LogP contribution in [-0.4, -0.2) is 28.7 Å². The van der Waals surface area contributed by atoms with Gasteiger partial charge in [0.2, 0.25) is 0 Å². The number of benzene rings is 1. The van der Waals surface area contributed by atoms with Gasteiger partial charge in [0.1, 0.15) is 5.75 Å². The summed E-state index contributed by atoms with van der Waals surface area (Å²) in [6, 6.07) is 7.52. The summed E-state index contributed by atoms with van der Waals surface area (Å²) in [6.45, 7) is 0.701. The fourth-order valence-electron chi connectivity index (χ4n) is 3.54. The van der Waals surface area contributed by atoms with E-state index in [1.54, 1.807) is 6.07 Å². The number of amides is 1. The topological polar surface area (TPSA) is 71.5 Å². The van der Waals surface area contributed by atoms with Crippen molar-refractivity contribution in [1.29, 1.82) is 0 Å². The minimum atomic E-state index is -0.282. The maximum Gasteiger partial charge on any atom is 0.253 e. The average molecular weight is 359 g/mol. The summed E-state index contributed by atoms with van der Waals surface area (Å²) >= 11 is 5.94. The highest BCUT2D eigenvalue weighted by molar-refractivity contribution is 6.30. The molecule has 6 heteroatoms. The molecule has 2 N–H and O–H groups in total. The van der Waals surface area contributed by atoms with Gasteiger partial charge in [-0.25, -0.2) is 0 Å². The number of carbonyl (C=O) groups is 1. The first-order chi connectivity index (χ1) is 12.1. The van der Waals surface area contributed by atoms with E-state index < -0.39 is 0 Å². The maximum absolute atomic E-state index is 12.6. The summed E-state index contributed by atoms with van der Waals surface area (Å²) in [7, 11) is 0. The molecule has 2 aromatic rings. The number of nitrogens with zero attached hydrogens (tertiary/aromatic N) is 1. The summed E-state index contributed by atoms with van der Waals surface area (Å²) in [5.74, 6) is 0.922. The molecule has 0 saturated heterocycles. The molecule has 1 aliphatic heterocycles. The van der Waals surface area contributed by atoms with Crippen LogP contribution in [0.2, 0.25) is 5.02 Å². The first-order valence-electron chi connectivity index (χ1n) is 8.45. The van der Waals surface area contributed by atoms with Crippen molar-refractivity contribution in [2.45, 2.75) is 31.4 Å². The van der Waals surface area contributed by atoms with E-state index in [0.29, 0.717) is 30.0 Å². The highest BCUT2D eigenvalue weighted by atomic mass is 35.5. The number of aliphatic hydroxyl groups excluding tert-OH is 1. The van der Waals surface area contributed by atoms with Gasteiger partial charge in [-0.1, -0.05) is 17.7 Å². The van der Waals surface area contributed by atoms with Crippen LogP contribution in [0.4, 0.5) is 0 Å². The molecule has 1 atom stereocenters. The number of halogens is 1. The van der Waals surface area contributed by atoms with Crippen molar-refractivity contribution in [2.75, 3.05) is 6.61 Å². The summed E-state index contributed by atoms with van der Waals surface area (Å²) in [6.07, 6.45) is 4.98. The lowest BCUT2D eigenvalue weighted by Gasteiger charge is -2.38. The molecule has 25 heavy (non-hydrogen) atoms. The lowest BCUT2D eigenvalue weighted by molar-refractivity contribution is 0.0235. The molecule has 1 fully saturated rings. The third-order valence-corrected chi connectivity index (χ3v) is 5.15. The van der Waals surface area contributed by atoms with Crippen LogP contribution in [0.5, 0.6) is 5.75 Å². The Hall–Kier alpha value is -2.11. The Kier molecular flexibility index (Phi) is 4.36. The maximum atomic E-state index is 12.6. The van der Waals surface area contributed by atoms with E-state index in [1.165, 1.54) is 18.0 Å². The van der Waals surface area contributed by atoms with Crippen molar-refractivity contribution in [3.8, 4) is 5.75 Å². The molecule has 1 unspecified atom stereocenters. The lowest BCUT2D eigenvalue weighted by atomic mass is 9.74. The van der Waals surface area contributed by atoms with Crippen LogP contribution in [0.1, 0.15) is 40.4 Å². The number of rotatable bonds is 4. The first-order valence-corrected chi connectivity index (χ1v) is 8.83. The van der Waals surface area contributed by atoms with Crippen LogP contribution in [0, 0.1) is 5.92 Å². The second-order valence-electron chi connectivity index (χ2n) is 6.69. The Morgan fingerprint density at radius 1 is 1.32 bits per heavy atom. The van der Waals surface area contributed by atoms with E-state index in [-0.39, 0.29) is 24.0 Å². The van der Waals surface area contributed by atoms with E-state index in [2.05, 4.69) is 16.4 Å². The van der Waals surface area contributed by atoms with Gasteiger partial charge < -0.3 is 15.2 Å². The van der Waals surface area contributed by atoms with Gasteiger partial charge in [0.05, 0.1) is 29.3 Å². The highest BCUT2D eigenvalue weighted by Crippen LogP contribution is 2.40. The van der Waals surface area contributed by atoms with Crippen molar-refractivity contribution >= 4 is 17.5 Å². The van der Waals surface area contributed by atoms with Gasteiger partial charge >= 0.3 is 0 Å². The van der Waals surface area contributed by atoms with Crippen LogP contribution in [0.25, 0.3) is 0 Å². The average Bonchev–Trinajstić information content (AvgIpc) is 3.04. The number of hydrogen-bond acceptors (Lipinski definition) is 4. The number of pyridine rings is 1. The molecule has 130 valence electrons. The van der Waals surface area contributed by atoms with Crippen LogP contribution >= 0.6 is 11.6 Å². The van der Waals surface area contributed by atoms with Crippen LogP contribution in [0.15, 0.2) is 36.7 Å². The molecular formula is C19H19ClN2O3. The van der Waals surface area contributed by atoms with E-state index in [4.69, 9.17) is 16.3 Å². The van der Waals surface area contributed by atoms with Gasteiger partial charge in [0.15, 0.2) is 0 Å². The standard InChI is InChI=1S/C19H19ClN2O3/c20-15-6-14(9-21-10-15)19(24)22-18(13-7-16(23)8-13)12-1-2-17-11(5-12)3-4-25-17/h1-2,5-6,9-10,13,16,18,23H,3-4,7-8H2,(H,22,24). The highest BCUT2D eigenvalue weighted by Gasteiger charge is 2.36. The zero-order valence-corrected chi connectivity index (χ0v) is 14.4. The summed E-state index contributed by atoms with van der Waals surface area (Å²) < 4.78 is 5.56. The van der Waals surface area contributed by atoms with Gasteiger partial charge in [-0.15, -0.1) is 0 Å². The number of fused-ring (bicyclic) bond motifs is 1. The molecule has 5 nitrogen and oxygen atoms in total. The van der Waals surface area contributed by atoms with Crippen molar-refractivity contribution in [3.63, 3.8) is 0 Å². The van der Waals surface area contributed by atoms with Gasteiger partial charge in [0.25, 0.3) is 5.91 Å². The second-order valence-corrected chi connectivity index (χ2v) is 7.13. The number of ether oxygens (including phenoxy) is 1. The van der Waals surface area contributed by atoms with E-state index in [9.17, 15) is 9.90 Å². The Labute approximate surface area is 151 Å². The monoisotopic (exact) mass is 358 g/mol. The third-order valence-electron chi connectivity index (χ3n) is 4.95. The number of hydrogen-bond donors (Lipinski definition) is 2. The third kappa shape index (κ3) is 3.34. The quantitative estimate of drug-likeness (QED) is 0.881. The first kappa shape index (κ1) is 16.4. The number of carbonyl (C=O) groups excluding carboxylic acids is 1. The van der Waals surface area contributed by atoms with Crippen molar-refractivity contribution < 1.29 is 14.6 Å². The van der Waals surface area contributed by atoms with E-state index in [1.807, 2.05) is 12.1 Å². The largest absolute Gasteiger partial charge is 0.493 e. The Bertz CT molecular complexity index is 805. The number of nitrogens with one attached hydrogen (secondary N) is 1. The molecule has 2 heterocycles. The fraction of sp³-hybridized carbons (Fsp3) is 0.368. The SMILES string of the molecule is O=C(NC(c1ccc2c(c1)CCO2)C1CC(O)C1)c1cncc(Cl)c1. The molecule has 1 amide bonds. The van der Waals surface area contributed by atoms with Gasteiger partial charge in [-0.3, -0.25) is 9.78 Å². The number of aliphatic hydroxyl groups is 1. The summed E-state index contributed by atoms with van der Waals surface area (Å²) in [5, 5.41) is 13.2. The Morgan fingerprint density at radius 3 is 2.92 bits per heavy atom. The Balaban J connectivity index is 1.59. The van der Waals surface area contributed by atoms with Crippen LogP contribution in [-0.2, 0) is 6.42 Å². The molecule has 1 aromatic heterocycles. The van der Waals surface area contributed by atoms with Gasteiger partial charge in [-0.2, -0.15) is 0 Å². The second kappa shape index (κ2) is 6.65. The van der Waals surface area contributed by atoms with Crippen molar-refractivity contribution in [1.82, 2.24) is 10.3 Å². The zero-order valence-electron chi connectivity index (χ0n) is 13.6. The van der Waals surface area contributed by atoms with Gasteiger partial charge in [-0.05, 0) is 48.1 Å². The molecule has 4 rings (SSSR count). The van der Waals surface area contributed by atoms with Crippen LogP contribution in [0.3, 0.4) is 0 Å². The molecule has 1 saturated carbocycles. The normalized spacial score (nSPS) is 22.5. The fourth-order valence-corrected chi connectivity index (χ4v) is 3.71. The molecule has 0 spiro atoms. The van der Waals surface area contributed by atoms with Crippen molar-refractivity contribution in [2.24, 2.45) is 5.92 Å².